The molecule has 0 aliphatic heterocycles. The van der Waals surface area contributed by atoms with Crippen molar-refractivity contribution in [2.75, 3.05) is 67.4 Å². The number of carbonyl (C=O) groups excluding carboxylic acids is 6. The van der Waals surface area contributed by atoms with Crippen molar-refractivity contribution in [2.45, 2.75) is 0 Å². The van der Waals surface area contributed by atoms with Crippen molar-refractivity contribution in [3.63, 3.8) is 0 Å². The number of hydrogen-bond donors (Lipinski definition) is 10. The Kier molecular flexibility index (Phi) is 26.1. The number of anilines is 10. The van der Waals surface area contributed by atoms with Gasteiger partial charge in [-0.3, -0.25) is 26.6 Å². The maximum Gasteiger partial charge on any atom is 0.339 e. The van der Waals surface area contributed by atoms with E-state index in [0.29, 0.717) is 59.1 Å². The first-order chi connectivity index (χ1) is 51.4. The van der Waals surface area contributed by atoms with E-state index < -0.39 is 53.6 Å². The number of amides is 10. The summed E-state index contributed by atoms with van der Waals surface area (Å²) in [4.78, 5) is 90.8. The molecular formula is C71H50ClF8N15O8S4. The van der Waals surface area contributed by atoms with Crippen LogP contribution >= 0.6 is 56.9 Å². The Morgan fingerprint density at radius 3 is 1.08 bits per heavy atom. The summed E-state index contributed by atoms with van der Waals surface area (Å²) < 4.78 is 116. The van der Waals surface area contributed by atoms with Crippen molar-refractivity contribution in [1.82, 2.24) is 24.9 Å². The number of ether oxygens (including phenoxy) is 2. The van der Waals surface area contributed by atoms with E-state index in [0.717, 1.165) is 49.7 Å². The second-order valence-electron chi connectivity index (χ2n) is 21.2. The highest BCUT2D eigenvalue weighted by Crippen LogP contribution is 2.33. The third-order valence-electron chi connectivity index (χ3n) is 13.5. The van der Waals surface area contributed by atoms with Gasteiger partial charge in [-0.1, -0.05) is 56.9 Å². The molecule has 36 heteroatoms. The van der Waals surface area contributed by atoms with Crippen LogP contribution in [-0.2, 0) is 4.74 Å². The lowest BCUT2D eigenvalue weighted by molar-refractivity contribution is 0.0600. The number of hydrogen-bond acceptors (Lipinski definition) is 17. The van der Waals surface area contributed by atoms with Gasteiger partial charge in [0, 0.05) is 45.7 Å². The van der Waals surface area contributed by atoms with Crippen molar-refractivity contribution in [3.8, 4) is 5.75 Å². The van der Waals surface area contributed by atoms with Gasteiger partial charge in [-0.15, -0.1) is 0 Å². The number of benzene rings is 9. The van der Waals surface area contributed by atoms with E-state index in [2.05, 4.69) is 82.8 Å². The molecule has 0 aliphatic rings. The molecule has 14 aromatic rings. The van der Waals surface area contributed by atoms with E-state index in [1.165, 1.54) is 193 Å². The Bertz CT molecular complexity index is 5350. The van der Waals surface area contributed by atoms with Crippen LogP contribution in [0.1, 0.15) is 10.4 Å². The minimum atomic E-state index is -0.793. The third kappa shape index (κ3) is 23.3. The number of methoxy groups -OCH3 is 2. The number of nitrogens with one attached hydrogen (secondary N) is 10. The molecule has 0 bridgehead atoms. The zero-order valence-corrected chi connectivity index (χ0v) is 58.7. The van der Waals surface area contributed by atoms with E-state index >= 15 is 0 Å². The molecule has 23 nitrogen and oxygen atoms in total. The molecule has 0 saturated carbocycles. The maximum atomic E-state index is 13.5. The fraction of sp³-hybridized carbons (Fsp3) is 0.0282. The quantitative estimate of drug-likeness (QED) is 0.0402. The second kappa shape index (κ2) is 36.5. The smallest absolute Gasteiger partial charge is 0.339 e. The molecule has 14 rings (SSSR count). The number of rotatable bonds is 12. The molecule has 0 atom stereocenters. The van der Waals surface area contributed by atoms with Gasteiger partial charge in [-0.05, 0) is 194 Å². The molecule has 107 heavy (non-hydrogen) atoms. The minimum absolute atomic E-state index is 0.0107. The molecule has 0 spiro atoms. The number of urea groups is 5. The Morgan fingerprint density at radius 2 is 0.692 bits per heavy atom. The predicted molar refractivity (Wildman–Crippen MR) is 401 cm³/mol. The molecule has 0 radical (unpaired) electrons. The molecule has 5 heterocycles. The molecule has 9 aromatic carbocycles. The zero-order valence-electron chi connectivity index (χ0n) is 54.7. The van der Waals surface area contributed by atoms with Gasteiger partial charge in [-0.25, -0.2) is 88.8 Å². The Morgan fingerprint density at radius 1 is 0.346 bits per heavy atom. The number of thiazole rings is 4. The maximum absolute atomic E-state index is 13.5. The lowest BCUT2D eigenvalue weighted by Crippen LogP contribution is -2.20. The van der Waals surface area contributed by atoms with E-state index in [1.54, 1.807) is 31.4 Å². The molecule has 0 unspecified atom stereocenters. The van der Waals surface area contributed by atoms with Crippen LogP contribution in [0.15, 0.2) is 206 Å². The normalized spacial score (nSPS) is 10.4. The number of carbonyl (C=O) groups is 6. The largest absolute Gasteiger partial charge is 0.497 e. The molecule has 10 N–H and O–H groups in total. The van der Waals surface area contributed by atoms with Crippen molar-refractivity contribution in [2.24, 2.45) is 0 Å². The van der Waals surface area contributed by atoms with E-state index in [1.807, 2.05) is 18.2 Å². The first-order valence-corrected chi connectivity index (χ1v) is 34.1. The van der Waals surface area contributed by atoms with Crippen LogP contribution in [0.4, 0.5) is 114 Å². The molecule has 0 fully saturated rings. The fourth-order valence-corrected chi connectivity index (χ4v) is 12.5. The number of esters is 1. The van der Waals surface area contributed by atoms with Gasteiger partial charge in [0.2, 0.25) is 0 Å². The van der Waals surface area contributed by atoms with Crippen LogP contribution in [0, 0.1) is 46.5 Å². The van der Waals surface area contributed by atoms with Gasteiger partial charge in [0.25, 0.3) is 0 Å². The lowest BCUT2D eigenvalue weighted by Gasteiger charge is -2.07. The fourth-order valence-electron chi connectivity index (χ4n) is 8.69. The van der Waals surface area contributed by atoms with Crippen molar-refractivity contribution in [3.05, 3.63) is 264 Å². The van der Waals surface area contributed by atoms with E-state index in [4.69, 9.17) is 16.3 Å². The van der Waals surface area contributed by atoms with Crippen LogP contribution in [0.5, 0.6) is 5.75 Å². The van der Waals surface area contributed by atoms with Gasteiger partial charge in [0.1, 0.15) is 57.8 Å². The van der Waals surface area contributed by atoms with Crippen LogP contribution in [-0.4, -0.2) is 75.3 Å². The molecule has 544 valence electrons. The Balaban J connectivity index is 0.000000143. The van der Waals surface area contributed by atoms with Gasteiger partial charge in [-0.2, -0.15) is 0 Å². The summed E-state index contributed by atoms with van der Waals surface area (Å²) in [6.45, 7) is 0. The average Bonchev–Trinajstić information content (AvgIpc) is 1.70. The lowest BCUT2D eigenvalue weighted by atomic mass is 10.3. The summed E-state index contributed by atoms with van der Waals surface area (Å²) in [5.74, 6) is -3.27. The van der Waals surface area contributed by atoms with Crippen molar-refractivity contribution >= 4 is 189 Å². The van der Waals surface area contributed by atoms with Gasteiger partial charge < -0.3 is 36.1 Å². The molecule has 0 saturated heterocycles. The monoisotopic (exact) mass is 1560 g/mol. The number of pyridine rings is 1. The predicted octanol–water partition coefficient (Wildman–Crippen LogP) is 20.0. The highest BCUT2D eigenvalue weighted by molar-refractivity contribution is 7.23. The Labute approximate surface area is 620 Å². The molecule has 5 aromatic heterocycles. The summed E-state index contributed by atoms with van der Waals surface area (Å²) in [6, 6.07) is 44.3. The van der Waals surface area contributed by atoms with Gasteiger partial charge in [0.05, 0.1) is 55.1 Å². The number of fused-ring (bicyclic) bond motifs is 4. The first-order valence-electron chi connectivity index (χ1n) is 30.5. The number of aromatic nitrogens is 5. The molecular weight excluding hydrogens is 1510 g/mol. The molecule has 10 amide bonds. The topological polar surface area (TPSA) is 306 Å². The average molecular weight is 1560 g/mol. The molecule has 0 aliphatic carbocycles. The summed E-state index contributed by atoms with van der Waals surface area (Å²) in [6.07, 6.45) is 1.29. The number of nitrogens with zero attached hydrogens (tertiary/aromatic N) is 5. The van der Waals surface area contributed by atoms with E-state index in [9.17, 15) is 63.9 Å². The number of halogens is 9. The van der Waals surface area contributed by atoms with E-state index in [-0.39, 0.29) is 55.8 Å². The zero-order chi connectivity index (χ0) is 76.1. The van der Waals surface area contributed by atoms with Crippen molar-refractivity contribution in [1.29, 1.82) is 0 Å². The highest BCUT2D eigenvalue weighted by Gasteiger charge is 2.16. The van der Waals surface area contributed by atoms with Crippen LogP contribution in [0.25, 0.3) is 40.9 Å². The highest BCUT2D eigenvalue weighted by atomic mass is 35.5. The van der Waals surface area contributed by atoms with Crippen molar-refractivity contribution < 1.29 is 73.4 Å². The van der Waals surface area contributed by atoms with Gasteiger partial charge >= 0.3 is 36.1 Å². The summed E-state index contributed by atoms with van der Waals surface area (Å²) in [7, 11) is 2.86. The summed E-state index contributed by atoms with van der Waals surface area (Å²) >= 11 is 10.7. The third-order valence-corrected chi connectivity index (χ3v) is 17.5. The second-order valence-corrected chi connectivity index (χ2v) is 25.8. The van der Waals surface area contributed by atoms with Gasteiger partial charge in [0.15, 0.2) is 26.3 Å². The minimum Gasteiger partial charge on any atom is -0.497 e. The summed E-state index contributed by atoms with van der Waals surface area (Å²) in [5.41, 5.74) is 4.71. The summed E-state index contributed by atoms with van der Waals surface area (Å²) in [5, 5.41) is 27.5. The first kappa shape index (κ1) is 76.7. The van der Waals surface area contributed by atoms with Crippen LogP contribution in [0.3, 0.4) is 0 Å². The Hall–Kier alpha value is -13.0. The van der Waals surface area contributed by atoms with Crippen LogP contribution < -0.4 is 57.9 Å². The standard InChI is InChI=1S/C15H12FN3O2S.C14H9ClFN3OS.C14H8F3N3OS.C14H9F2N3OS.C14H12FN3O3/c1-21-11-6-7-12-13(8-11)22-15(18-12)19-14(20)17-10-4-2-9(16)3-5-10;15-8-1-6-11-12(7-8)21-14(18-11)19-13(20)17-10-4-2-9(16)3-5-10;15-7-1-3-9(4-2-7)18-13(21)20-14-19-12-10(17)5-8(16)6-11(12)22-14;15-8-1-4-10(5-2-8)17-13(20)19-14-18-11-6-3-9(16)7-12(11)21-14;1-21-13(19)9-2-7-12(16-8-9)18-14(20)17-11-5-3-10(15)4-6-11/h2-8H,1H3,(H2,17,18,19,20);1-7H,(H2,17,18,19,20);1-6H,(H2,18,19,20,21);1-7H,(H2,17,18,19,20);2-8H,1H3,(H2,16,17,18,20). The van der Waals surface area contributed by atoms with Crippen LogP contribution in [0.2, 0.25) is 5.02 Å². The SMILES string of the molecule is COC(=O)c1ccc(NC(=O)Nc2ccc(F)cc2)nc1.COc1ccc2nc(NC(=O)Nc3ccc(F)cc3)sc2c1.O=C(Nc1ccc(F)cc1)Nc1nc2c(F)cc(F)cc2s1.O=C(Nc1ccc(F)cc1)Nc1nc2ccc(Cl)cc2s1.O=C(Nc1ccc(F)cc1)Nc1nc2ccc(F)cc2s1.